The molecule has 2 aromatic heterocycles. The molecule has 0 saturated heterocycles. The van der Waals surface area contributed by atoms with Crippen LogP contribution in [0.25, 0.3) is 11.6 Å². The van der Waals surface area contributed by atoms with Crippen LogP contribution >= 0.6 is 0 Å². The summed E-state index contributed by atoms with van der Waals surface area (Å²) < 4.78 is 32.9. The van der Waals surface area contributed by atoms with Gasteiger partial charge >= 0.3 is 0 Å². The van der Waals surface area contributed by atoms with Gasteiger partial charge in [-0.3, -0.25) is 4.72 Å². The first kappa shape index (κ1) is 15.3. The molecule has 0 bridgehead atoms. The molecule has 0 atom stereocenters. The van der Waals surface area contributed by atoms with Crippen molar-refractivity contribution in [2.75, 3.05) is 4.72 Å². The molecule has 3 aromatic rings. The summed E-state index contributed by atoms with van der Waals surface area (Å²) in [5.41, 5.74) is 1.96. The maximum Gasteiger partial charge on any atom is 0.264 e. The Bertz CT molecular complexity index is 928. The van der Waals surface area contributed by atoms with E-state index in [-0.39, 0.29) is 10.8 Å². The number of aromatic nitrogens is 3. The van der Waals surface area contributed by atoms with Crippen molar-refractivity contribution in [1.82, 2.24) is 15.2 Å². The normalized spacial score (nSPS) is 11.6. The summed E-state index contributed by atoms with van der Waals surface area (Å²) in [6, 6.07) is 8.76. The summed E-state index contributed by atoms with van der Waals surface area (Å²) in [5.74, 6) is 0.659. The molecule has 8 heteroatoms. The summed E-state index contributed by atoms with van der Waals surface area (Å²) in [6.45, 7) is 3.64. The number of H-pyrrole nitrogens is 1. The van der Waals surface area contributed by atoms with E-state index in [0.29, 0.717) is 17.3 Å². The number of rotatable bonds is 5. The van der Waals surface area contributed by atoms with Crippen LogP contribution in [-0.4, -0.2) is 23.6 Å². The fourth-order valence-corrected chi connectivity index (χ4v) is 3.28. The molecule has 0 spiro atoms. The molecule has 0 aliphatic heterocycles. The predicted octanol–water partition coefficient (Wildman–Crippen LogP) is 2.74. The second kappa shape index (κ2) is 5.88. The lowest BCUT2D eigenvalue weighted by molar-refractivity contribution is 0.531. The molecule has 23 heavy (non-hydrogen) atoms. The number of hydrogen-bond donors (Lipinski definition) is 2. The number of para-hydroxylation sites is 1. The first-order valence-corrected chi connectivity index (χ1v) is 8.57. The highest BCUT2D eigenvalue weighted by Crippen LogP contribution is 2.24. The lowest BCUT2D eigenvalue weighted by Crippen LogP contribution is -2.13. The highest BCUT2D eigenvalue weighted by atomic mass is 32.2. The molecular formula is C15H16N4O3S. The van der Waals surface area contributed by atoms with Crippen molar-refractivity contribution in [3.8, 4) is 11.6 Å². The van der Waals surface area contributed by atoms with Gasteiger partial charge in [0.1, 0.15) is 10.6 Å². The number of nitrogens with one attached hydrogen (secondary N) is 2. The van der Waals surface area contributed by atoms with Gasteiger partial charge in [0.15, 0.2) is 0 Å². The Labute approximate surface area is 133 Å². The fourth-order valence-electron chi connectivity index (χ4n) is 2.19. The smallest absolute Gasteiger partial charge is 0.264 e. The molecule has 1 aromatic carbocycles. The van der Waals surface area contributed by atoms with E-state index in [1.54, 1.807) is 19.1 Å². The van der Waals surface area contributed by atoms with Crippen LogP contribution in [-0.2, 0) is 16.4 Å². The maximum atomic E-state index is 12.5. The molecule has 0 saturated carbocycles. The highest BCUT2D eigenvalue weighted by Gasteiger charge is 2.19. The number of benzene rings is 1. The standard InChI is InChI=1S/C15H16N4O3S/c1-3-11-6-4-5-7-13(11)19-23(20,21)12-8-14(16-9-12)15-18-17-10(2)22-15/h4-9,16,19H,3H2,1-2H3. The van der Waals surface area contributed by atoms with Gasteiger partial charge in [0.05, 0.1) is 5.69 Å². The molecule has 0 fully saturated rings. The summed E-state index contributed by atoms with van der Waals surface area (Å²) in [5, 5.41) is 7.58. The van der Waals surface area contributed by atoms with Crippen molar-refractivity contribution in [3.63, 3.8) is 0 Å². The number of hydrogen-bond acceptors (Lipinski definition) is 5. The first-order valence-electron chi connectivity index (χ1n) is 7.09. The van der Waals surface area contributed by atoms with E-state index in [0.717, 1.165) is 12.0 Å². The van der Waals surface area contributed by atoms with Crippen LogP contribution in [0.5, 0.6) is 0 Å². The average molecular weight is 332 g/mol. The van der Waals surface area contributed by atoms with Crippen molar-refractivity contribution in [2.45, 2.75) is 25.2 Å². The number of anilines is 1. The van der Waals surface area contributed by atoms with Crippen LogP contribution in [0.4, 0.5) is 5.69 Å². The molecule has 0 amide bonds. The molecule has 0 aliphatic rings. The summed E-state index contributed by atoms with van der Waals surface area (Å²) in [4.78, 5) is 2.95. The fraction of sp³-hybridized carbons (Fsp3) is 0.200. The largest absolute Gasteiger partial charge is 0.420 e. The van der Waals surface area contributed by atoms with E-state index < -0.39 is 10.0 Å². The lowest BCUT2D eigenvalue weighted by atomic mass is 10.1. The Balaban J connectivity index is 1.90. The van der Waals surface area contributed by atoms with Gasteiger partial charge in [0.2, 0.25) is 5.89 Å². The molecule has 0 unspecified atom stereocenters. The zero-order valence-electron chi connectivity index (χ0n) is 12.7. The molecule has 0 radical (unpaired) electrons. The van der Waals surface area contributed by atoms with Gasteiger partial charge in [-0.05, 0) is 24.1 Å². The maximum absolute atomic E-state index is 12.5. The third-order valence-electron chi connectivity index (χ3n) is 3.37. The van der Waals surface area contributed by atoms with Crippen molar-refractivity contribution in [2.24, 2.45) is 0 Å². The van der Waals surface area contributed by atoms with Crippen LogP contribution in [0.1, 0.15) is 18.4 Å². The molecule has 3 rings (SSSR count). The summed E-state index contributed by atoms with van der Waals surface area (Å²) in [6.07, 6.45) is 2.13. The topological polar surface area (TPSA) is 101 Å². The molecule has 120 valence electrons. The van der Waals surface area contributed by atoms with E-state index in [9.17, 15) is 8.42 Å². The summed E-state index contributed by atoms with van der Waals surface area (Å²) >= 11 is 0. The zero-order chi connectivity index (χ0) is 16.4. The van der Waals surface area contributed by atoms with Gasteiger partial charge in [0.25, 0.3) is 15.9 Å². The monoisotopic (exact) mass is 332 g/mol. The lowest BCUT2D eigenvalue weighted by Gasteiger charge is -2.10. The highest BCUT2D eigenvalue weighted by molar-refractivity contribution is 7.92. The SMILES string of the molecule is CCc1ccccc1NS(=O)(=O)c1c[nH]c(-c2nnc(C)o2)c1. The minimum Gasteiger partial charge on any atom is -0.420 e. The Hall–Kier alpha value is -2.61. The van der Waals surface area contributed by atoms with Crippen LogP contribution < -0.4 is 4.72 Å². The van der Waals surface area contributed by atoms with Gasteiger partial charge < -0.3 is 9.40 Å². The van der Waals surface area contributed by atoms with E-state index in [4.69, 9.17) is 4.42 Å². The Morgan fingerprint density at radius 2 is 2.04 bits per heavy atom. The van der Waals surface area contributed by atoms with Gasteiger partial charge in [-0.1, -0.05) is 25.1 Å². The van der Waals surface area contributed by atoms with Gasteiger partial charge in [-0.25, -0.2) is 8.42 Å². The first-order chi connectivity index (χ1) is 11.0. The third kappa shape index (κ3) is 3.11. The second-order valence-corrected chi connectivity index (χ2v) is 6.67. The van der Waals surface area contributed by atoms with E-state index in [1.165, 1.54) is 12.3 Å². The summed E-state index contributed by atoms with van der Waals surface area (Å²) in [7, 11) is -3.70. The molecular weight excluding hydrogens is 316 g/mol. The average Bonchev–Trinajstić information content (AvgIpc) is 3.16. The van der Waals surface area contributed by atoms with Crippen molar-refractivity contribution < 1.29 is 12.8 Å². The molecule has 2 heterocycles. The number of aryl methyl sites for hydroxylation is 2. The minimum absolute atomic E-state index is 0.106. The second-order valence-electron chi connectivity index (χ2n) is 4.99. The van der Waals surface area contributed by atoms with Crippen molar-refractivity contribution in [3.05, 3.63) is 48.0 Å². The van der Waals surface area contributed by atoms with Crippen LogP contribution in [0.15, 0.2) is 45.8 Å². The van der Waals surface area contributed by atoms with Gasteiger partial charge in [0, 0.05) is 13.1 Å². The van der Waals surface area contributed by atoms with E-state index >= 15 is 0 Å². The molecule has 2 N–H and O–H groups in total. The predicted molar refractivity (Wildman–Crippen MR) is 85.5 cm³/mol. The Morgan fingerprint density at radius 3 is 2.74 bits per heavy atom. The number of aromatic amines is 1. The third-order valence-corrected chi connectivity index (χ3v) is 4.71. The van der Waals surface area contributed by atoms with Crippen LogP contribution in [0.2, 0.25) is 0 Å². The van der Waals surface area contributed by atoms with Crippen LogP contribution in [0, 0.1) is 6.92 Å². The Morgan fingerprint density at radius 1 is 1.26 bits per heavy atom. The number of sulfonamides is 1. The van der Waals surface area contributed by atoms with Crippen molar-refractivity contribution >= 4 is 15.7 Å². The number of nitrogens with zero attached hydrogens (tertiary/aromatic N) is 2. The van der Waals surface area contributed by atoms with E-state index in [2.05, 4.69) is 19.9 Å². The quantitative estimate of drug-likeness (QED) is 0.748. The molecule has 0 aliphatic carbocycles. The van der Waals surface area contributed by atoms with Gasteiger partial charge in [-0.2, -0.15) is 0 Å². The van der Waals surface area contributed by atoms with Gasteiger partial charge in [-0.15, -0.1) is 10.2 Å². The van der Waals surface area contributed by atoms with E-state index in [1.807, 2.05) is 19.1 Å². The van der Waals surface area contributed by atoms with Crippen molar-refractivity contribution in [1.29, 1.82) is 0 Å². The van der Waals surface area contributed by atoms with Crippen LogP contribution in [0.3, 0.4) is 0 Å². The molecule has 7 nitrogen and oxygen atoms in total. The minimum atomic E-state index is -3.70. The Kier molecular flexibility index (Phi) is 3.91. The zero-order valence-corrected chi connectivity index (χ0v) is 13.5.